The Morgan fingerprint density at radius 2 is 0.467 bits per heavy atom. The fraction of sp³-hybridized carbons (Fsp3) is 1.00. The van der Waals surface area contributed by atoms with Gasteiger partial charge in [0, 0.05) is 0 Å². The molecule has 0 N–H and O–H groups in total. The molecule has 0 aromatic heterocycles. The van der Waals surface area contributed by atoms with Gasteiger partial charge in [0.15, 0.2) is 0 Å². The number of rotatable bonds is 11. The standard InChI is InChI=1S/C12F28O4Si/c13-1(14,3(17,18)5(21,22)8(26,27)28)2(15,16)4(19,20)7(25,6(23,24)9(29,30)31)41-45(42-10(32,33)34,43-11(35,36)37)44-12(38,39)40. The topological polar surface area (TPSA) is 36.9 Å². The first-order chi connectivity index (χ1) is 18.8. The second-order valence-corrected chi connectivity index (χ2v) is 9.10. The molecule has 0 aliphatic heterocycles. The fourth-order valence-electron chi connectivity index (χ4n) is 2.20. The molecule has 0 radical (unpaired) electrons. The summed E-state index contributed by atoms with van der Waals surface area (Å²) in [5, 5.41) is 0. The molecule has 0 spiro atoms. The molecule has 0 aromatic rings. The van der Waals surface area contributed by atoms with E-state index in [1.807, 2.05) is 0 Å². The Hall–Kier alpha value is -1.90. The van der Waals surface area contributed by atoms with Crippen molar-refractivity contribution in [1.82, 2.24) is 0 Å². The van der Waals surface area contributed by atoms with Gasteiger partial charge in [-0.1, -0.05) is 0 Å². The van der Waals surface area contributed by atoms with Crippen molar-refractivity contribution >= 4 is 9.05 Å². The van der Waals surface area contributed by atoms with Gasteiger partial charge < -0.3 is 4.43 Å². The van der Waals surface area contributed by atoms with E-state index in [9.17, 15) is 123 Å². The summed E-state index contributed by atoms with van der Waals surface area (Å²) in [6.45, 7) is 0. The Morgan fingerprint density at radius 1 is 0.244 bits per heavy atom. The molecule has 0 saturated heterocycles. The number of alkyl halides is 28. The zero-order chi connectivity index (χ0) is 37.3. The minimum absolute atomic E-state index is 1.31. The highest BCUT2D eigenvalue weighted by Crippen LogP contribution is 2.66. The van der Waals surface area contributed by atoms with Gasteiger partial charge in [0.1, 0.15) is 0 Å². The number of hydrogen-bond donors (Lipinski definition) is 0. The highest BCUT2D eigenvalue weighted by atomic mass is 28.4. The van der Waals surface area contributed by atoms with Gasteiger partial charge in [0.2, 0.25) is 0 Å². The third kappa shape index (κ3) is 7.64. The Labute approximate surface area is 224 Å². The van der Waals surface area contributed by atoms with Crippen molar-refractivity contribution in [2.45, 2.75) is 72.8 Å². The van der Waals surface area contributed by atoms with Crippen LogP contribution in [-0.4, -0.2) is 81.9 Å². The first kappa shape index (κ1) is 43.1. The zero-order valence-corrected chi connectivity index (χ0v) is 19.7. The summed E-state index contributed by atoms with van der Waals surface area (Å²) in [5.41, 5.74) is 0. The summed E-state index contributed by atoms with van der Waals surface area (Å²) in [6, 6.07) is 0. The van der Waals surface area contributed by atoms with E-state index in [2.05, 4.69) is 0 Å². The second kappa shape index (κ2) is 11.1. The Balaban J connectivity index is 8.23. The van der Waals surface area contributed by atoms with E-state index < -0.39 is 81.9 Å². The first-order valence-electron chi connectivity index (χ1n) is 8.92. The van der Waals surface area contributed by atoms with Crippen LogP contribution in [0.25, 0.3) is 0 Å². The highest BCUT2D eigenvalue weighted by Gasteiger charge is 2.98. The molecule has 0 aliphatic carbocycles. The van der Waals surface area contributed by atoms with Crippen molar-refractivity contribution in [2.24, 2.45) is 0 Å². The highest BCUT2D eigenvalue weighted by molar-refractivity contribution is 6.54. The maximum absolute atomic E-state index is 14.8. The molecule has 0 saturated carbocycles. The lowest BCUT2D eigenvalue weighted by atomic mass is 9.88. The van der Waals surface area contributed by atoms with Crippen LogP contribution in [0, 0.1) is 0 Å². The van der Waals surface area contributed by atoms with Crippen molar-refractivity contribution in [3.05, 3.63) is 0 Å². The lowest BCUT2D eigenvalue weighted by Gasteiger charge is -2.46. The summed E-state index contributed by atoms with van der Waals surface area (Å²) in [5.74, 6) is -66.6. The van der Waals surface area contributed by atoms with Gasteiger partial charge in [-0.25, -0.2) is 0 Å². The molecule has 45 heavy (non-hydrogen) atoms. The van der Waals surface area contributed by atoms with E-state index in [1.54, 1.807) is 0 Å². The molecule has 0 heterocycles. The third-order valence-electron chi connectivity index (χ3n) is 4.08. The number of hydrogen-bond acceptors (Lipinski definition) is 4. The van der Waals surface area contributed by atoms with Crippen molar-refractivity contribution in [1.29, 1.82) is 0 Å². The van der Waals surface area contributed by atoms with Crippen LogP contribution in [0.3, 0.4) is 0 Å². The van der Waals surface area contributed by atoms with E-state index in [0.29, 0.717) is 0 Å². The van der Waals surface area contributed by atoms with Crippen LogP contribution < -0.4 is 0 Å². The third-order valence-corrected chi connectivity index (χ3v) is 6.06. The van der Waals surface area contributed by atoms with Gasteiger partial charge in [-0.15, -0.1) is 39.5 Å². The van der Waals surface area contributed by atoms with Crippen LogP contribution in [0.15, 0.2) is 0 Å². The molecule has 1 atom stereocenters. The van der Waals surface area contributed by atoms with Crippen molar-refractivity contribution in [2.75, 3.05) is 0 Å². The predicted molar refractivity (Wildman–Crippen MR) is 73.9 cm³/mol. The van der Waals surface area contributed by atoms with Crippen molar-refractivity contribution in [3.8, 4) is 0 Å². The zero-order valence-electron chi connectivity index (χ0n) is 18.7. The average Bonchev–Trinajstić information content (AvgIpc) is 2.66. The molecular formula is C12F28O4Si. The van der Waals surface area contributed by atoms with Crippen LogP contribution in [0.1, 0.15) is 0 Å². The van der Waals surface area contributed by atoms with Gasteiger partial charge in [-0.3, -0.25) is 13.3 Å². The molecule has 272 valence electrons. The largest absolute Gasteiger partial charge is 0.701 e. The molecule has 1 unspecified atom stereocenters. The Morgan fingerprint density at radius 3 is 0.689 bits per heavy atom. The van der Waals surface area contributed by atoms with Crippen molar-refractivity contribution in [3.63, 3.8) is 0 Å². The van der Waals surface area contributed by atoms with Gasteiger partial charge in [0.05, 0.1) is 0 Å². The minimum Gasteiger partial charge on any atom is -0.306 e. The van der Waals surface area contributed by atoms with Gasteiger partial charge >= 0.3 is 81.9 Å². The molecule has 0 fully saturated rings. The van der Waals surface area contributed by atoms with Crippen molar-refractivity contribution < 1.29 is 141 Å². The van der Waals surface area contributed by atoms with Gasteiger partial charge in [-0.05, 0) is 0 Å². The molecule has 33 heteroatoms. The van der Waals surface area contributed by atoms with Crippen LogP contribution in [0.2, 0.25) is 0 Å². The molecule has 0 aromatic carbocycles. The van der Waals surface area contributed by atoms with E-state index in [1.165, 1.54) is 17.7 Å². The maximum atomic E-state index is 14.8. The quantitative estimate of drug-likeness (QED) is 0.156. The second-order valence-electron chi connectivity index (χ2n) is 7.28. The Bertz CT molecular complexity index is 990. The van der Waals surface area contributed by atoms with Crippen LogP contribution in [0.5, 0.6) is 0 Å². The SMILES string of the molecule is FC(F)(F)O[Si](OC(F)(F)F)(OC(F)(F)F)OC(F)(C(F)(F)C(F)(F)F)C(F)(F)C(F)(F)C(F)(F)C(F)(F)C(F)(F)C(F)(F)F. The summed E-state index contributed by atoms with van der Waals surface area (Å²) in [6.07, 6.45) is -40.1. The predicted octanol–water partition coefficient (Wildman–Crippen LogP) is 8.65. The minimum atomic E-state index is -10.2. The maximum Gasteiger partial charge on any atom is 0.701 e. The van der Waals surface area contributed by atoms with E-state index in [-0.39, 0.29) is 0 Å². The van der Waals surface area contributed by atoms with Crippen LogP contribution >= 0.6 is 0 Å². The summed E-state index contributed by atoms with van der Waals surface area (Å²) >= 11 is 0. The molecule has 0 amide bonds. The summed E-state index contributed by atoms with van der Waals surface area (Å²) < 4.78 is 371. The average molecular weight is 768 g/mol. The molecule has 4 nitrogen and oxygen atoms in total. The Kier molecular flexibility index (Phi) is 10.6. The first-order valence-corrected chi connectivity index (χ1v) is 10.6. The monoisotopic (exact) mass is 768 g/mol. The summed E-state index contributed by atoms with van der Waals surface area (Å²) in [4.78, 5) is 0. The van der Waals surface area contributed by atoms with E-state index in [0.717, 1.165) is 0 Å². The van der Waals surface area contributed by atoms with E-state index >= 15 is 0 Å². The fourth-order valence-corrected chi connectivity index (χ4v) is 3.90. The van der Waals surface area contributed by atoms with Gasteiger partial charge in [0.25, 0.3) is 0 Å². The molecule has 0 bridgehead atoms. The molecular weight excluding hydrogens is 768 g/mol. The normalized spacial score (nSPS) is 17.9. The molecule has 0 aliphatic rings. The van der Waals surface area contributed by atoms with Gasteiger partial charge in [-0.2, -0.15) is 83.4 Å². The lowest BCUT2D eigenvalue weighted by Crippen LogP contribution is -2.79. The number of halogens is 28. The van der Waals surface area contributed by atoms with Crippen LogP contribution in [0.4, 0.5) is 123 Å². The lowest BCUT2D eigenvalue weighted by molar-refractivity contribution is -0.491. The molecule has 0 rings (SSSR count). The van der Waals surface area contributed by atoms with E-state index in [4.69, 9.17) is 0 Å². The smallest absolute Gasteiger partial charge is 0.306 e. The van der Waals surface area contributed by atoms with Crippen LogP contribution in [-0.2, 0) is 17.7 Å². The summed E-state index contributed by atoms with van der Waals surface area (Å²) in [7, 11) is -10.2.